The summed E-state index contributed by atoms with van der Waals surface area (Å²) in [6.07, 6.45) is 1.29. The van der Waals surface area contributed by atoms with E-state index in [1.54, 1.807) is 0 Å². The first-order valence-electron chi connectivity index (χ1n) is 5.79. The summed E-state index contributed by atoms with van der Waals surface area (Å²) in [7, 11) is 0. The number of carbonyl (C=O) groups excluding carboxylic acids is 1. The van der Waals surface area contributed by atoms with Crippen LogP contribution in [0.2, 0.25) is 0 Å². The SMILES string of the molecule is CCCC(CN=C(N)N)NC(=O)OC(C)(C)C. The maximum Gasteiger partial charge on any atom is 0.407 e. The molecule has 0 spiro atoms. The maximum absolute atomic E-state index is 11.5. The molecule has 100 valence electrons. The summed E-state index contributed by atoms with van der Waals surface area (Å²) < 4.78 is 5.16. The third-order valence-corrected chi connectivity index (χ3v) is 1.85. The lowest BCUT2D eigenvalue weighted by atomic mass is 10.1. The first-order chi connectivity index (χ1) is 7.74. The Kier molecular flexibility index (Phi) is 6.38. The number of hydrogen-bond acceptors (Lipinski definition) is 3. The number of carbonyl (C=O) groups is 1. The van der Waals surface area contributed by atoms with Gasteiger partial charge in [-0.05, 0) is 27.2 Å². The Hall–Kier alpha value is -1.46. The lowest BCUT2D eigenvalue weighted by Crippen LogP contribution is -2.41. The summed E-state index contributed by atoms with van der Waals surface area (Å²) in [6.45, 7) is 7.85. The number of nitrogens with two attached hydrogens (primary N) is 2. The number of amides is 1. The number of nitrogens with zero attached hydrogens (tertiary/aromatic N) is 1. The van der Waals surface area contributed by atoms with Gasteiger partial charge in [0.25, 0.3) is 0 Å². The van der Waals surface area contributed by atoms with Gasteiger partial charge in [-0.25, -0.2) is 4.79 Å². The van der Waals surface area contributed by atoms with Gasteiger partial charge >= 0.3 is 6.09 Å². The quantitative estimate of drug-likeness (QED) is 0.495. The molecule has 6 heteroatoms. The van der Waals surface area contributed by atoms with Crippen LogP contribution in [0.25, 0.3) is 0 Å². The van der Waals surface area contributed by atoms with Crippen LogP contribution in [-0.4, -0.2) is 30.2 Å². The van der Waals surface area contributed by atoms with Gasteiger partial charge in [-0.1, -0.05) is 13.3 Å². The molecule has 0 radical (unpaired) electrons. The molecule has 0 aromatic rings. The normalized spacial score (nSPS) is 12.7. The number of rotatable bonds is 5. The Bertz CT molecular complexity index is 267. The molecule has 0 heterocycles. The minimum atomic E-state index is -0.503. The number of ether oxygens (including phenoxy) is 1. The predicted octanol–water partition coefficient (Wildman–Crippen LogP) is 0.953. The third-order valence-electron chi connectivity index (χ3n) is 1.85. The third kappa shape index (κ3) is 9.47. The van der Waals surface area contributed by atoms with Crippen molar-refractivity contribution in [2.24, 2.45) is 16.5 Å². The molecular formula is C11H24N4O2. The zero-order valence-corrected chi connectivity index (χ0v) is 11.1. The molecule has 0 aliphatic rings. The molecule has 6 nitrogen and oxygen atoms in total. The highest BCUT2D eigenvalue weighted by Crippen LogP contribution is 2.07. The van der Waals surface area contributed by atoms with E-state index in [0.717, 1.165) is 12.8 Å². The van der Waals surface area contributed by atoms with Crippen molar-refractivity contribution in [3.63, 3.8) is 0 Å². The molecule has 0 fully saturated rings. The second-order valence-electron chi connectivity index (χ2n) is 4.90. The van der Waals surface area contributed by atoms with E-state index in [1.807, 2.05) is 27.7 Å². The molecule has 1 unspecified atom stereocenters. The molecular weight excluding hydrogens is 220 g/mol. The molecule has 1 amide bonds. The minimum Gasteiger partial charge on any atom is -0.444 e. The Labute approximate surface area is 103 Å². The van der Waals surface area contributed by atoms with E-state index < -0.39 is 11.7 Å². The second kappa shape index (κ2) is 6.98. The van der Waals surface area contributed by atoms with Crippen molar-refractivity contribution < 1.29 is 9.53 Å². The minimum absolute atomic E-state index is 0.0251. The summed E-state index contributed by atoms with van der Waals surface area (Å²) >= 11 is 0. The molecule has 0 aromatic carbocycles. The van der Waals surface area contributed by atoms with Crippen LogP contribution in [0.4, 0.5) is 4.79 Å². The van der Waals surface area contributed by atoms with Crippen molar-refractivity contribution in [1.82, 2.24) is 5.32 Å². The Morgan fingerprint density at radius 3 is 2.41 bits per heavy atom. The zero-order chi connectivity index (χ0) is 13.5. The van der Waals surface area contributed by atoms with Gasteiger partial charge < -0.3 is 21.5 Å². The maximum atomic E-state index is 11.5. The molecule has 0 aromatic heterocycles. The van der Waals surface area contributed by atoms with Crippen molar-refractivity contribution >= 4 is 12.1 Å². The predicted molar refractivity (Wildman–Crippen MR) is 68.7 cm³/mol. The van der Waals surface area contributed by atoms with E-state index in [2.05, 4.69) is 10.3 Å². The number of aliphatic imine (C=N–C) groups is 1. The number of hydrogen-bond donors (Lipinski definition) is 3. The summed E-state index contributed by atoms with van der Waals surface area (Å²) in [5.74, 6) is 0.0251. The molecule has 5 N–H and O–H groups in total. The van der Waals surface area contributed by atoms with Crippen molar-refractivity contribution in [3.8, 4) is 0 Å². The Morgan fingerprint density at radius 1 is 1.41 bits per heavy atom. The highest BCUT2D eigenvalue weighted by Gasteiger charge is 2.18. The van der Waals surface area contributed by atoms with E-state index in [4.69, 9.17) is 16.2 Å². The Morgan fingerprint density at radius 2 is 2.00 bits per heavy atom. The van der Waals surface area contributed by atoms with Crippen molar-refractivity contribution in [3.05, 3.63) is 0 Å². The topological polar surface area (TPSA) is 103 Å². The van der Waals surface area contributed by atoms with E-state index in [1.165, 1.54) is 0 Å². The van der Waals surface area contributed by atoms with Gasteiger partial charge in [-0.15, -0.1) is 0 Å². The molecule has 1 atom stereocenters. The Balaban J connectivity index is 4.24. The molecule has 0 aliphatic carbocycles. The molecule has 0 aliphatic heterocycles. The molecule has 0 saturated heterocycles. The first kappa shape index (κ1) is 15.5. The summed E-state index contributed by atoms with van der Waals surface area (Å²) in [6, 6.07) is -0.100. The molecule has 17 heavy (non-hydrogen) atoms. The van der Waals surface area contributed by atoms with Gasteiger partial charge in [-0.2, -0.15) is 0 Å². The first-order valence-corrected chi connectivity index (χ1v) is 5.79. The van der Waals surface area contributed by atoms with Crippen molar-refractivity contribution in [2.45, 2.75) is 52.2 Å². The monoisotopic (exact) mass is 244 g/mol. The van der Waals surface area contributed by atoms with E-state index >= 15 is 0 Å². The van der Waals surface area contributed by atoms with Gasteiger partial charge in [0.1, 0.15) is 5.60 Å². The van der Waals surface area contributed by atoms with Gasteiger partial charge in [-0.3, -0.25) is 4.99 Å². The summed E-state index contributed by atoms with van der Waals surface area (Å²) in [5, 5.41) is 2.75. The van der Waals surface area contributed by atoms with Crippen LogP contribution in [0, 0.1) is 0 Å². The fourth-order valence-electron chi connectivity index (χ4n) is 1.25. The lowest BCUT2D eigenvalue weighted by Gasteiger charge is -2.22. The zero-order valence-electron chi connectivity index (χ0n) is 11.1. The molecule has 0 rings (SSSR count). The standard InChI is InChI=1S/C11H24N4O2/c1-5-6-8(7-14-9(12)13)15-10(16)17-11(2,3)4/h8H,5-7H2,1-4H3,(H,15,16)(H4,12,13,14). The highest BCUT2D eigenvalue weighted by atomic mass is 16.6. The second-order valence-corrected chi connectivity index (χ2v) is 4.90. The number of nitrogens with one attached hydrogen (secondary N) is 1. The number of alkyl carbamates (subject to hydrolysis) is 1. The summed E-state index contributed by atoms with van der Waals surface area (Å²) in [5.41, 5.74) is 10.0. The fraction of sp³-hybridized carbons (Fsp3) is 0.818. The van der Waals surface area contributed by atoms with Crippen LogP contribution in [0.5, 0.6) is 0 Å². The van der Waals surface area contributed by atoms with Crippen LogP contribution < -0.4 is 16.8 Å². The average molecular weight is 244 g/mol. The van der Waals surface area contributed by atoms with Crippen molar-refractivity contribution in [1.29, 1.82) is 0 Å². The van der Waals surface area contributed by atoms with Gasteiger partial charge in [0, 0.05) is 0 Å². The smallest absolute Gasteiger partial charge is 0.407 e. The van der Waals surface area contributed by atoms with E-state index in [-0.39, 0.29) is 12.0 Å². The van der Waals surface area contributed by atoms with Gasteiger partial charge in [0.05, 0.1) is 12.6 Å². The molecule has 0 saturated carbocycles. The van der Waals surface area contributed by atoms with Crippen molar-refractivity contribution in [2.75, 3.05) is 6.54 Å². The van der Waals surface area contributed by atoms with Crippen LogP contribution in [0.15, 0.2) is 4.99 Å². The average Bonchev–Trinajstić information content (AvgIpc) is 2.11. The molecule has 0 bridgehead atoms. The fourth-order valence-corrected chi connectivity index (χ4v) is 1.25. The summed E-state index contributed by atoms with van der Waals surface area (Å²) in [4.78, 5) is 15.4. The highest BCUT2D eigenvalue weighted by molar-refractivity contribution is 5.75. The van der Waals surface area contributed by atoms with Crippen LogP contribution in [0.1, 0.15) is 40.5 Å². The van der Waals surface area contributed by atoms with Crippen LogP contribution in [0.3, 0.4) is 0 Å². The van der Waals surface area contributed by atoms with Crippen LogP contribution in [-0.2, 0) is 4.74 Å². The number of guanidine groups is 1. The van der Waals surface area contributed by atoms with E-state index in [0.29, 0.717) is 6.54 Å². The van der Waals surface area contributed by atoms with Gasteiger partial charge in [0.2, 0.25) is 0 Å². The van der Waals surface area contributed by atoms with Gasteiger partial charge in [0.15, 0.2) is 5.96 Å². The van der Waals surface area contributed by atoms with Crippen LogP contribution >= 0.6 is 0 Å². The largest absolute Gasteiger partial charge is 0.444 e. The lowest BCUT2D eigenvalue weighted by molar-refractivity contribution is 0.0503. The van der Waals surface area contributed by atoms with E-state index in [9.17, 15) is 4.79 Å².